The second-order valence-corrected chi connectivity index (χ2v) is 6.11. The van der Waals surface area contributed by atoms with Gasteiger partial charge in [-0.2, -0.15) is 0 Å². The zero-order valence-electron chi connectivity index (χ0n) is 13.1. The number of rotatable bonds is 6. The lowest BCUT2D eigenvalue weighted by atomic mass is 9.95. The Morgan fingerprint density at radius 1 is 1.29 bits per heavy atom. The molecule has 0 spiro atoms. The molecule has 1 aromatic rings. The summed E-state index contributed by atoms with van der Waals surface area (Å²) in [5.41, 5.74) is 2.70. The second-order valence-electron chi connectivity index (χ2n) is 6.11. The molecule has 0 amide bonds. The average Bonchev–Trinajstić information content (AvgIpc) is 3.01. The van der Waals surface area contributed by atoms with Crippen molar-refractivity contribution < 1.29 is 9.47 Å². The van der Waals surface area contributed by atoms with Crippen molar-refractivity contribution in [2.45, 2.75) is 57.6 Å². The lowest BCUT2D eigenvalue weighted by molar-refractivity contribution is 0.00853. The van der Waals surface area contributed by atoms with E-state index in [1.807, 2.05) is 0 Å². The first-order valence-electron chi connectivity index (χ1n) is 8.48. The lowest BCUT2D eigenvalue weighted by Gasteiger charge is -2.26. The standard InChI is InChI=1S/C18H27NO2/c1-2-19-17(10-9-15-7-3-4-12-20-15)16-8-5-6-14-11-13-21-18(14)16/h5-6,8,15,17,19H,2-4,7,9-13H2,1H3. The van der Waals surface area contributed by atoms with Crippen LogP contribution in [0.5, 0.6) is 5.75 Å². The number of hydrogen-bond donors (Lipinski definition) is 1. The molecule has 116 valence electrons. The van der Waals surface area contributed by atoms with Crippen molar-refractivity contribution >= 4 is 0 Å². The molecule has 3 rings (SSSR count). The van der Waals surface area contributed by atoms with Gasteiger partial charge in [-0.3, -0.25) is 0 Å². The zero-order chi connectivity index (χ0) is 14.5. The topological polar surface area (TPSA) is 30.5 Å². The van der Waals surface area contributed by atoms with Gasteiger partial charge in [-0.15, -0.1) is 0 Å². The first-order valence-corrected chi connectivity index (χ1v) is 8.48. The third-order valence-corrected chi connectivity index (χ3v) is 4.62. The van der Waals surface area contributed by atoms with E-state index in [1.165, 1.54) is 30.4 Å². The third-order valence-electron chi connectivity index (χ3n) is 4.62. The summed E-state index contributed by atoms with van der Waals surface area (Å²) in [6, 6.07) is 6.97. The minimum absolute atomic E-state index is 0.383. The molecule has 21 heavy (non-hydrogen) atoms. The van der Waals surface area contributed by atoms with Crippen LogP contribution in [0.1, 0.15) is 56.2 Å². The molecule has 3 nitrogen and oxygen atoms in total. The van der Waals surface area contributed by atoms with Gasteiger partial charge in [0.2, 0.25) is 0 Å². The molecule has 2 unspecified atom stereocenters. The Balaban J connectivity index is 1.67. The molecule has 1 aromatic carbocycles. The summed E-state index contributed by atoms with van der Waals surface area (Å²) in [5.74, 6) is 1.13. The molecule has 1 fully saturated rings. The molecule has 0 saturated carbocycles. The lowest BCUT2D eigenvalue weighted by Crippen LogP contribution is -2.25. The van der Waals surface area contributed by atoms with E-state index < -0.39 is 0 Å². The predicted octanol–water partition coefficient (Wildman–Crippen LogP) is 3.62. The van der Waals surface area contributed by atoms with Gasteiger partial charge in [0.1, 0.15) is 5.75 Å². The summed E-state index contributed by atoms with van der Waals surface area (Å²) in [6.45, 7) is 4.94. The number of hydrogen-bond acceptors (Lipinski definition) is 3. The predicted molar refractivity (Wildman–Crippen MR) is 84.9 cm³/mol. The summed E-state index contributed by atoms with van der Waals surface area (Å²) in [6.07, 6.45) is 7.54. The SMILES string of the molecule is CCNC(CCC1CCCCO1)c1cccc2c1OCC2. The van der Waals surface area contributed by atoms with E-state index in [-0.39, 0.29) is 0 Å². The van der Waals surface area contributed by atoms with Gasteiger partial charge >= 0.3 is 0 Å². The molecular formula is C18H27NO2. The van der Waals surface area contributed by atoms with Gasteiger partial charge in [0, 0.05) is 24.6 Å². The maximum absolute atomic E-state index is 5.88. The molecule has 1 saturated heterocycles. The number of para-hydroxylation sites is 1. The van der Waals surface area contributed by atoms with E-state index in [9.17, 15) is 0 Å². The smallest absolute Gasteiger partial charge is 0.127 e. The molecular weight excluding hydrogens is 262 g/mol. The summed E-state index contributed by atoms with van der Waals surface area (Å²) in [5, 5.41) is 3.63. The highest BCUT2D eigenvalue weighted by molar-refractivity contribution is 5.45. The van der Waals surface area contributed by atoms with Crippen molar-refractivity contribution in [3.05, 3.63) is 29.3 Å². The van der Waals surface area contributed by atoms with Crippen LogP contribution in [-0.2, 0) is 11.2 Å². The first kappa shape index (κ1) is 14.9. The van der Waals surface area contributed by atoms with E-state index in [1.54, 1.807) is 0 Å². The van der Waals surface area contributed by atoms with E-state index >= 15 is 0 Å². The van der Waals surface area contributed by atoms with Crippen molar-refractivity contribution in [3.63, 3.8) is 0 Å². The van der Waals surface area contributed by atoms with Gasteiger partial charge < -0.3 is 14.8 Å². The Hall–Kier alpha value is -1.06. The van der Waals surface area contributed by atoms with Crippen LogP contribution >= 0.6 is 0 Å². The molecule has 2 atom stereocenters. The molecule has 0 aromatic heterocycles. The maximum Gasteiger partial charge on any atom is 0.127 e. The summed E-state index contributed by atoms with van der Waals surface area (Å²) in [7, 11) is 0. The summed E-state index contributed by atoms with van der Waals surface area (Å²) < 4.78 is 11.8. The van der Waals surface area contributed by atoms with Gasteiger partial charge in [-0.05, 0) is 44.2 Å². The third kappa shape index (κ3) is 3.58. The van der Waals surface area contributed by atoms with Crippen molar-refractivity contribution in [2.24, 2.45) is 0 Å². The van der Waals surface area contributed by atoms with Gasteiger partial charge in [0.05, 0.1) is 12.7 Å². The van der Waals surface area contributed by atoms with E-state index in [0.29, 0.717) is 12.1 Å². The van der Waals surface area contributed by atoms with Crippen LogP contribution in [-0.4, -0.2) is 25.9 Å². The van der Waals surface area contributed by atoms with Crippen LogP contribution in [0, 0.1) is 0 Å². The molecule has 0 radical (unpaired) electrons. The quantitative estimate of drug-likeness (QED) is 0.867. The van der Waals surface area contributed by atoms with Gasteiger partial charge in [0.25, 0.3) is 0 Å². The highest BCUT2D eigenvalue weighted by Crippen LogP contribution is 2.35. The van der Waals surface area contributed by atoms with Gasteiger partial charge in [-0.1, -0.05) is 25.1 Å². The number of ether oxygens (including phenoxy) is 2. The second kappa shape index (κ2) is 7.28. The fraction of sp³-hybridized carbons (Fsp3) is 0.667. The molecule has 1 N–H and O–H groups in total. The Labute approximate surface area is 128 Å². The molecule has 2 aliphatic rings. The Kier molecular flexibility index (Phi) is 5.15. The van der Waals surface area contributed by atoms with E-state index in [0.717, 1.165) is 44.8 Å². The van der Waals surface area contributed by atoms with Crippen molar-refractivity contribution in [2.75, 3.05) is 19.8 Å². The van der Waals surface area contributed by atoms with Crippen LogP contribution in [0.3, 0.4) is 0 Å². The summed E-state index contributed by atoms with van der Waals surface area (Å²) >= 11 is 0. The molecule has 3 heteroatoms. The fourth-order valence-electron chi connectivity index (χ4n) is 3.52. The van der Waals surface area contributed by atoms with Crippen LogP contribution in [0.25, 0.3) is 0 Å². The fourth-order valence-corrected chi connectivity index (χ4v) is 3.52. The number of benzene rings is 1. The normalized spacial score (nSPS) is 22.6. The van der Waals surface area contributed by atoms with Crippen LogP contribution in [0.15, 0.2) is 18.2 Å². The Morgan fingerprint density at radius 2 is 2.24 bits per heavy atom. The number of nitrogens with one attached hydrogen (secondary N) is 1. The van der Waals surface area contributed by atoms with E-state index in [2.05, 4.69) is 30.4 Å². The zero-order valence-corrected chi connectivity index (χ0v) is 13.1. The molecule has 0 bridgehead atoms. The van der Waals surface area contributed by atoms with Crippen molar-refractivity contribution in [1.29, 1.82) is 0 Å². The minimum Gasteiger partial charge on any atom is -0.493 e. The van der Waals surface area contributed by atoms with Gasteiger partial charge in [-0.25, -0.2) is 0 Å². The Morgan fingerprint density at radius 3 is 3.05 bits per heavy atom. The maximum atomic E-state index is 5.88. The van der Waals surface area contributed by atoms with Crippen molar-refractivity contribution in [3.8, 4) is 5.75 Å². The largest absolute Gasteiger partial charge is 0.493 e. The number of fused-ring (bicyclic) bond motifs is 1. The highest BCUT2D eigenvalue weighted by atomic mass is 16.5. The first-order chi connectivity index (χ1) is 10.4. The van der Waals surface area contributed by atoms with Crippen molar-refractivity contribution in [1.82, 2.24) is 5.32 Å². The van der Waals surface area contributed by atoms with Crippen LogP contribution in [0.4, 0.5) is 0 Å². The highest BCUT2D eigenvalue weighted by Gasteiger charge is 2.23. The molecule has 0 aliphatic carbocycles. The average molecular weight is 289 g/mol. The molecule has 2 aliphatic heterocycles. The van der Waals surface area contributed by atoms with Crippen LogP contribution in [0.2, 0.25) is 0 Å². The minimum atomic E-state index is 0.383. The van der Waals surface area contributed by atoms with Gasteiger partial charge in [0.15, 0.2) is 0 Å². The van der Waals surface area contributed by atoms with Crippen LogP contribution < -0.4 is 10.1 Å². The van der Waals surface area contributed by atoms with E-state index in [4.69, 9.17) is 9.47 Å². The summed E-state index contributed by atoms with van der Waals surface area (Å²) in [4.78, 5) is 0. The molecule has 2 heterocycles. The Bertz CT molecular complexity index is 455. The monoisotopic (exact) mass is 289 g/mol.